The summed E-state index contributed by atoms with van der Waals surface area (Å²) in [5, 5.41) is 3.82. The molecule has 0 saturated heterocycles. The number of hydrogen-bond donors (Lipinski definition) is 1. The van der Waals surface area contributed by atoms with Crippen LogP contribution in [0.25, 0.3) is 5.69 Å². The van der Waals surface area contributed by atoms with Crippen molar-refractivity contribution in [2.75, 3.05) is 5.32 Å². The first-order chi connectivity index (χ1) is 11.6. The lowest BCUT2D eigenvalue weighted by molar-refractivity contribution is -0.116. The van der Waals surface area contributed by atoms with Crippen molar-refractivity contribution in [2.45, 2.75) is 12.3 Å². The molecule has 4 rings (SSSR count). The molecule has 1 aliphatic heterocycles. The van der Waals surface area contributed by atoms with Crippen molar-refractivity contribution in [2.24, 2.45) is 0 Å². The molecule has 7 heteroatoms. The first kappa shape index (κ1) is 15.2. The number of amides is 1. The lowest BCUT2D eigenvalue weighted by Gasteiger charge is -2.24. The molecule has 3 aromatic rings. The Kier molecular flexibility index (Phi) is 3.75. The molecular weight excluding hydrogens is 347 g/mol. The van der Waals surface area contributed by atoms with Gasteiger partial charge in [0.25, 0.3) is 0 Å². The molecule has 0 radical (unpaired) electrons. The van der Waals surface area contributed by atoms with E-state index in [1.165, 1.54) is 0 Å². The summed E-state index contributed by atoms with van der Waals surface area (Å²) in [4.78, 5) is 20.9. The maximum Gasteiger partial charge on any atom is 0.226 e. The van der Waals surface area contributed by atoms with Gasteiger partial charge in [0, 0.05) is 18.5 Å². The van der Waals surface area contributed by atoms with Crippen LogP contribution in [-0.4, -0.2) is 20.4 Å². The molecule has 0 bridgehead atoms. The van der Waals surface area contributed by atoms with Gasteiger partial charge in [-0.2, -0.15) is 0 Å². The fraction of sp³-hybridized carbons (Fsp3) is 0.118. The predicted octanol–water partition coefficient (Wildman–Crippen LogP) is 4.05. The van der Waals surface area contributed by atoms with Crippen molar-refractivity contribution in [3.63, 3.8) is 0 Å². The van der Waals surface area contributed by atoms with Crippen molar-refractivity contribution in [1.82, 2.24) is 14.5 Å². The number of imidazole rings is 1. The molecule has 0 fully saturated rings. The molecule has 1 amide bonds. The number of rotatable bonds is 2. The predicted molar refractivity (Wildman–Crippen MR) is 92.9 cm³/mol. The molecule has 5 nitrogen and oxygen atoms in total. The Labute approximate surface area is 148 Å². The van der Waals surface area contributed by atoms with E-state index >= 15 is 0 Å². The summed E-state index contributed by atoms with van der Waals surface area (Å²) in [6.07, 6.45) is 5.36. The number of aromatic nitrogens is 3. The van der Waals surface area contributed by atoms with E-state index in [4.69, 9.17) is 23.2 Å². The zero-order valence-corrected chi connectivity index (χ0v) is 13.9. The maximum absolute atomic E-state index is 12.2. The second kappa shape index (κ2) is 5.92. The molecule has 1 unspecified atom stereocenters. The number of carbonyl (C=O) groups is 1. The van der Waals surface area contributed by atoms with Gasteiger partial charge in [-0.1, -0.05) is 35.3 Å². The Bertz CT molecular complexity index is 924. The van der Waals surface area contributed by atoms with Crippen LogP contribution in [0.4, 0.5) is 5.82 Å². The minimum absolute atomic E-state index is 0.0887. The molecule has 0 spiro atoms. The summed E-state index contributed by atoms with van der Waals surface area (Å²) in [5.74, 6) is 0.312. The largest absolute Gasteiger partial charge is 0.310 e. The van der Waals surface area contributed by atoms with Gasteiger partial charge in [0.1, 0.15) is 12.1 Å². The number of benzene rings is 1. The number of nitrogens with zero attached hydrogens (tertiary/aromatic N) is 3. The zero-order chi connectivity index (χ0) is 16.7. The lowest BCUT2D eigenvalue weighted by Crippen LogP contribution is -2.25. The highest BCUT2D eigenvalue weighted by Gasteiger charge is 2.32. The van der Waals surface area contributed by atoms with Gasteiger partial charge >= 0.3 is 0 Å². The summed E-state index contributed by atoms with van der Waals surface area (Å²) in [6.45, 7) is 0. The van der Waals surface area contributed by atoms with Gasteiger partial charge in [-0.05, 0) is 23.8 Å². The third-order valence-electron chi connectivity index (χ3n) is 4.05. The first-order valence-corrected chi connectivity index (χ1v) is 8.12. The van der Waals surface area contributed by atoms with E-state index < -0.39 is 0 Å². The van der Waals surface area contributed by atoms with Gasteiger partial charge in [-0.15, -0.1) is 0 Å². The van der Waals surface area contributed by atoms with Crippen molar-refractivity contribution in [3.05, 3.63) is 70.4 Å². The average molecular weight is 359 g/mol. The van der Waals surface area contributed by atoms with Crippen molar-refractivity contribution >= 4 is 34.9 Å². The van der Waals surface area contributed by atoms with Crippen LogP contribution in [0.2, 0.25) is 10.0 Å². The molecule has 2 aromatic heterocycles. The van der Waals surface area contributed by atoms with E-state index in [0.29, 0.717) is 15.9 Å². The summed E-state index contributed by atoms with van der Waals surface area (Å²) in [5.41, 5.74) is 2.39. The average Bonchev–Trinajstić information content (AvgIpc) is 3.01. The smallest absolute Gasteiger partial charge is 0.226 e. The number of carbonyl (C=O) groups excluding carboxylic acids is 1. The Morgan fingerprint density at radius 3 is 2.88 bits per heavy atom. The number of nitrogens with one attached hydrogen (secondary N) is 1. The number of anilines is 1. The van der Waals surface area contributed by atoms with Crippen LogP contribution >= 0.6 is 23.2 Å². The molecule has 0 saturated carbocycles. The van der Waals surface area contributed by atoms with Gasteiger partial charge in [-0.25, -0.2) is 4.98 Å². The van der Waals surface area contributed by atoms with Gasteiger partial charge in [0.2, 0.25) is 5.91 Å². The Balaban J connectivity index is 1.86. The van der Waals surface area contributed by atoms with E-state index in [-0.39, 0.29) is 18.2 Å². The van der Waals surface area contributed by atoms with Crippen LogP contribution in [0.1, 0.15) is 23.6 Å². The maximum atomic E-state index is 12.2. The molecular formula is C17H12Cl2N4O. The lowest BCUT2D eigenvalue weighted by atomic mass is 9.90. The summed E-state index contributed by atoms with van der Waals surface area (Å²) in [7, 11) is 0. The van der Waals surface area contributed by atoms with Gasteiger partial charge in [0.05, 0.1) is 27.6 Å². The molecule has 120 valence electrons. The molecule has 24 heavy (non-hydrogen) atoms. The van der Waals surface area contributed by atoms with Crippen LogP contribution in [0, 0.1) is 0 Å². The monoisotopic (exact) mass is 358 g/mol. The first-order valence-electron chi connectivity index (χ1n) is 7.36. The van der Waals surface area contributed by atoms with E-state index in [9.17, 15) is 4.79 Å². The Morgan fingerprint density at radius 2 is 2.08 bits per heavy atom. The van der Waals surface area contributed by atoms with Crippen LogP contribution in [0.5, 0.6) is 0 Å². The van der Waals surface area contributed by atoms with Crippen molar-refractivity contribution in [3.8, 4) is 5.69 Å². The summed E-state index contributed by atoms with van der Waals surface area (Å²) in [6, 6.07) is 9.17. The van der Waals surface area contributed by atoms with Gasteiger partial charge in [0.15, 0.2) is 0 Å². The quantitative estimate of drug-likeness (QED) is 0.751. The number of halogens is 2. The molecule has 0 aliphatic carbocycles. The highest BCUT2D eigenvalue weighted by molar-refractivity contribution is 6.42. The summed E-state index contributed by atoms with van der Waals surface area (Å²) < 4.78 is 1.81. The van der Waals surface area contributed by atoms with Gasteiger partial charge in [-0.3, -0.25) is 14.3 Å². The minimum atomic E-state index is -0.238. The van der Waals surface area contributed by atoms with Crippen molar-refractivity contribution in [1.29, 1.82) is 0 Å². The van der Waals surface area contributed by atoms with Crippen LogP contribution in [0.15, 0.2) is 49.1 Å². The topological polar surface area (TPSA) is 59.8 Å². The van der Waals surface area contributed by atoms with E-state index in [1.807, 2.05) is 28.8 Å². The normalized spacial score (nSPS) is 16.6. The number of hydrogen-bond acceptors (Lipinski definition) is 3. The summed E-state index contributed by atoms with van der Waals surface area (Å²) >= 11 is 12.5. The van der Waals surface area contributed by atoms with Crippen molar-refractivity contribution < 1.29 is 4.79 Å². The highest BCUT2D eigenvalue weighted by Crippen LogP contribution is 2.41. The van der Waals surface area contributed by atoms with E-state index in [2.05, 4.69) is 15.3 Å². The Hall–Kier alpha value is -2.37. The van der Waals surface area contributed by atoms with Crippen LogP contribution in [0.3, 0.4) is 0 Å². The molecule has 1 N–H and O–H groups in total. The third-order valence-corrected chi connectivity index (χ3v) is 4.89. The second-order valence-corrected chi connectivity index (χ2v) is 6.29. The van der Waals surface area contributed by atoms with Gasteiger partial charge < -0.3 is 5.32 Å². The van der Waals surface area contributed by atoms with E-state index in [1.54, 1.807) is 24.8 Å². The number of fused-ring (bicyclic) bond motifs is 1. The Morgan fingerprint density at radius 1 is 1.21 bits per heavy atom. The fourth-order valence-corrected chi connectivity index (χ4v) is 3.39. The van der Waals surface area contributed by atoms with Crippen LogP contribution in [-0.2, 0) is 4.79 Å². The zero-order valence-electron chi connectivity index (χ0n) is 12.4. The standard InChI is InChI=1S/C17H12Cl2N4O/c18-13-5-1-4-11(15(13)19)12-7-14(24)22-17-16(12)21-9-23(17)10-3-2-6-20-8-10/h1-6,8-9,12H,7H2,(H,22,24). The molecule has 1 aromatic carbocycles. The SMILES string of the molecule is O=C1CC(c2cccc(Cl)c2Cl)c2ncn(-c3cccnc3)c2N1. The second-order valence-electron chi connectivity index (χ2n) is 5.51. The molecule has 3 heterocycles. The minimum Gasteiger partial charge on any atom is -0.310 e. The number of pyridine rings is 1. The fourth-order valence-electron chi connectivity index (χ4n) is 2.95. The van der Waals surface area contributed by atoms with Crippen LogP contribution < -0.4 is 5.32 Å². The third kappa shape index (κ3) is 2.46. The molecule has 1 aliphatic rings. The van der Waals surface area contributed by atoms with E-state index in [0.717, 1.165) is 16.9 Å². The highest BCUT2D eigenvalue weighted by atomic mass is 35.5. The molecule has 1 atom stereocenters.